The van der Waals surface area contributed by atoms with Crippen LogP contribution in [-0.2, 0) is 24.7 Å². The second-order valence-corrected chi connectivity index (χ2v) is 22.2. The molecule has 0 N–H and O–H groups in total. The summed E-state index contributed by atoms with van der Waals surface area (Å²) in [5.74, 6) is 0.389. The molecule has 0 bridgehead atoms. The molecule has 4 aromatic rings. The molecule has 0 spiro atoms. The third-order valence-electron chi connectivity index (χ3n) is 12.5. The number of unbranched alkanes of at least 4 members (excludes halogenated alkanes) is 15. The number of halogens is 2. The summed E-state index contributed by atoms with van der Waals surface area (Å²) in [6.07, 6.45) is 30.2. The minimum absolute atomic E-state index is 0. The first-order valence-electron chi connectivity index (χ1n) is 23.6. The van der Waals surface area contributed by atoms with Crippen LogP contribution in [-0.4, -0.2) is 30.1 Å². The Morgan fingerprint density at radius 1 is 0.443 bits per heavy atom. The second-order valence-electron chi connectivity index (χ2n) is 17.3. The van der Waals surface area contributed by atoms with Crippen LogP contribution in [0.3, 0.4) is 0 Å². The third-order valence-corrected chi connectivity index (χ3v) is 17.9. The first-order valence-corrected chi connectivity index (χ1v) is 27.2. The van der Waals surface area contributed by atoms with Gasteiger partial charge in [-0.25, -0.2) is 0 Å². The number of carbonyl (C=O) groups is 2. The molecular formula is C54H73Br2O4P. The van der Waals surface area contributed by atoms with Gasteiger partial charge in [0.15, 0.2) is 11.6 Å². The highest BCUT2D eigenvalue weighted by Gasteiger charge is 2.37. The van der Waals surface area contributed by atoms with Crippen molar-refractivity contribution >= 4 is 34.8 Å². The molecule has 0 heterocycles. The topological polar surface area (TPSA) is 52.6 Å². The summed E-state index contributed by atoms with van der Waals surface area (Å²) in [4.78, 5) is 28.1. The first-order chi connectivity index (χ1) is 29.4. The van der Waals surface area contributed by atoms with E-state index in [2.05, 4.69) is 73.1 Å². The number of hydrogen-bond acceptors (Lipinski definition) is 4. The molecule has 0 aliphatic heterocycles. The minimum Gasteiger partial charge on any atom is -1.00 e. The summed E-state index contributed by atoms with van der Waals surface area (Å²) in [6, 6.07) is 27.9. The maximum atomic E-state index is 14.1. The van der Waals surface area contributed by atoms with Crippen molar-refractivity contribution in [2.75, 3.05) is 18.5 Å². The molecule has 332 valence electrons. The van der Waals surface area contributed by atoms with E-state index in [1.54, 1.807) is 36.4 Å². The van der Waals surface area contributed by atoms with Gasteiger partial charge in [0.25, 0.3) is 0 Å². The van der Waals surface area contributed by atoms with Gasteiger partial charge in [0.05, 0.1) is 35.8 Å². The van der Waals surface area contributed by atoms with Gasteiger partial charge < -0.3 is 26.5 Å². The van der Waals surface area contributed by atoms with Crippen LogP contribution in [0.2, 0.25) is 0 Å². The van der Waals surface area contributed by atoms with E-state index in [9.17, 15) is 9.59 Å². The zero-order valence-corrected chi connectivity index (χ0v) is 41.7. The Kier molecular flexibility index (Phi) is 23.4. The highest BCUT2D eigenvalue weighted by Crippen LogP contribution is 2.63. The quantitative estimate of drug-likeness (QED) is 0.0261. The van der Waals surface area contributed by atoms with Crippen molar-refractivity contribution in [1.29, 1.82) is 0 Å². The molecule has 5 rings (SSSR count). The SMILES string of the molecule is CCCCCCCC[P+](CCCCCCCC)(CCCCCCCC)Cc1ccc(COc2ccc(OCc3ccc(CBr)cc3)c3c2C(=O)c2ccccc2C3=O)cc1.[Br-]. The molecule has 61 heavy (non-hydrogen) atoms. The smallest absolute Gasteiger partial charge is 0.198 e. The van der Waals surface area contributed by atoms with Crippen LogP contribution in [0.4, 0.5) is 0 Å². The number of fused-ring (bicyclic) bond motifs is 2. The number of ketones is 2. The van der Waals surface area contributed by atoms with E-state index in [1.165, 1.54) is 151 Å². The molecule has 0 radical (unpaired) electrons. The van der Waals surface area contributed by atoms with Crippen LogP contribution in [0.15, 0.2) is 84.9 Å². The van der Waals surface area contributed by atoms with Gasteiger partial charge in [-0.3, -0.25) is 9.59 Å². The van der Waals surface area contributed by atoms with Crippen molar-refractivity contribution in [3.05, 3.63) is 129 Å². The van der Waals surface area contributed by atoms with E-state index in [1.807, 2.05) is 12.1 Å². The molecule has 1 aliphatic carbocycles. The van der Waals surface area contributed by atoms with E-state index in [4.69, 9.17) is 9.47 Å². The van der Waals surface area contributed by atoms with Gasteiger partial charge >= 0.3 is 0 Å². The highest BCUT2D eigenvalue weighted by molar-refractivity contribution is 9.08. The largest absolute Gasteiger partial charge is 1.00 e. The molecule has 0 saturated heterocycles. The van der Waals surface area contributed by atoms with E-state index in [0.717, 1.165) is 16.5 Å². The number of rotatable bonds is 30. The lowest BCUT2D eigenvalue weighted by atomic mass is 9.83. The van der Waals surface area contributed by atoms with Crippen molar-refractivity contribution in [3.8, 4) is 11.5 Å². The second kappa shape index (κ2) is 28.1. The van der Waals surface area contributed by atoms with Crippen LogP contribution in [0, 0.1) is 0 Å². The molecule has 7 heteroatoms. The Bertz CT molecular complexity index is 1850. The highest BCUT2D eigenvalue weighted by atomic mass is 79.9. The lowest BCUT2D eigenvalue weighted by Gasteiger charge is -2.29. The van der Waals surface area contributed by atoms with Crippen molar-refractivity contribution in [2.45, 2.75) is 161 Å². The fourth-order valence-electron chi connectivity index (χ4n) is 8.83. The van der Waals surface area contributed by atoms with Crippen LogP contribution >= 0.6 is 23.2 Å². The van der Waals surface area contributed by atoms with Crippen molar-refractivity contribution < 1.29 is 36.0 Å². The Balaban J connectivity index is 0.00000819. The van der Waals surface area contributed by atoms with Gasteiger partial charge in [-0.2, -0.15) is 0 Å². The zero-order chi connectivity index (χ0) is 42.4. The van der Waals surface area contributed by atoms with Gasteiger partial charge in [0.1, 0.15) is 24.7 Å². The number of ether oxygens (including phenoxy) is 2. The Hall–Kier alpha value is -2.79. The van der Waals surface area contributed by atoms with Crippen LogP contribution < -0.4 is 26.5 Å². The van der Waals surface area contributed by atoms with E-state index < -0.39 is 7.26 Å². The monoisotopic (exact) mass is 974 g/mol. The van der Waals surface area contributed by atoms with Crippen molar-refractivity contribution in [2.24, 2.45) is 0 Å². The van der Waals surface area contributed by atoms with E-state index in [0.29, 0.717) is 29.2 Å². The van der Waals surface area contributed by atoms with Gasteiger partial charge in [-0.05, 0) is 72.9 Å². The standard InChI is InChI=1S/C54H73BrO4P.BrH/c1-4-7-10-13-16-21-36-60(37-22-17-14-11-8-5-2,38-23-18-15-12-9-6-3)42-46-32-30-45(31-33-46)41-59-50-35-34-49(58-40-44-28-26-43(39-55)27-29-44)51-52(50)54(57)48-25-20-19-24-47(48)53(51)56;/h19-20,24-35H,4-18,21-23,36-42H2,1-3H3;1H/q+1;/p-1. The molecule has 0 saturated carbocycles. The molecule has 0 amide bonds. The van der Waals surface area contributed by atoms with Gasteiger partial charge in [-0.1, -0.05) is 187 Å². The third kappa shape index (κ3) is 15.8. The summed E-state index contributed by atoms with van der Waals surface area (Å²) in [7, 11) is -1.16. The number of alkyl halides is 1. The molecule has 0 fully saturated rings. The Labute approximate surface area is 389 Å². The molecule has 1 aliphatic rings. The van der Waals surface area contributed by atoms with Gasteiger partial charge in [0, 0.05) is 23.7 Å². The zero-order valence-electron chi connectivity index (χ0n) is 37.6. The summed E-state index contributed by atoms with van der Waals surface area (Å²) in [5, 5.41) is 0.781. The maximum absolute atomic E-state index is 14.1. The summed E-state index contributed by atoms with van der Waals surface area (Å²) in [6.45, 7) is 7.52. The summed E-state index contributed by atoms with van der Waals surface area (Å²) in [5.41, 5.74) is 6.06. The number of carbonyl (C=O) groups excluding carboxylic acids is 2. The maximum Gasteiger partial charge on any atom is 0.198 e. The van der Waals surface area contributed by atoms with Crippen molar-refractivity contribution in [3.63, 3.8) is 0 Å². The summed E-state index contributed by atoms with van der Waals surface area (Å²) < 4.78 is 12.7. The van der Waals surface area contributed by atoms with E-state index in [-0.39, 0.29) is 46.3 Å². The van der Waals surface area contributed by atoms with Gasteiger partial charge in [0.2, 0.25) is 0 Å². The average Bonchev–Trinajstić information content (AvgIpc) is 3.28. The molecule has 4 aromatic carbocycles. The predicted molar refractivity (Wildman–Crippen MR) is 259 cm³/mol. The molecular weight excluding hydrogens is 903 g/mol. The van der Waals surface area contributed by atoms with E-state index >= 15 is 0 Å². The molecule has 0 aromatic heterocycles. The molecule has 0 unspecified atom stereocenters. The lowest BCUT2D eigenvalue weighted by molar-refractivity contribution is -0.0000272. The van der Waals surface area contributed by atoms with Crippen LogP contribution in [0.25, 0.3) is 0 Å². The predicted octanol–water partition coefficient (Wildman–Crippen LogP) is 13.1. The fourth-order valence-corrected chi connectivity index (χ4v) is 14.0. The molecule has 0 atom stereocenters. The van der Waals surface area contributed by atoms with Crippen molar-refractivity contribution in [1.82, 2.24) is 0 Å². The normalized spacial score (nSPS) is 12.2. The Morgan fingerprint density at radius 2 is 0.787 bits per heavy atom. The number of benzene rings is 4. The summed E-state index contributed by atoms with van der Waals surface area (Å²) >= 11 is 3.50. The fraction of sp³-hybridized carbons (Fsp3) is 0.519. The minimum atomic E-state index is -1.16. The van der Waals surface area contributed by atoms with Crippen LogP contribution in [0.5, 0.6) is 11.5 Å². The Morgan fingerprint density at radius 3 is 1.16 bits per heavy atom. The molecule has 4 nitrogen and oxygen atoms in total. The first kappa shape index (κ1) is 50.9. The van der Waals surface area contributed by atoms with Crippen LogP contribution in [0.1, 0.15) is 190 Å². The average molecular weight is 977 g/mol. The van der Waals surface area contributed by atoms with Gasteiger partial charge in [-0.15, -0.1) is 0 Å². The number of hydrogen-bond donors (Lipinski definition) is 0. The lowest BCUT2D eigenvalue weighted by Crippen LogP contribution is -3.00.